The average molecular weight is 478 g/mol. The maximum absolute atomic E-state index is 6.23. The first-order chi connectivity index (χ1) is 14.0. The molecule has 0 saturated heterocycles. The molecule has 1 aromatic carbocycles. The summed E-state index contributed by atoms with van der Waals surface area (Å²) in [6, 6.07) is 7.00. The summed E-state index contributed by atoms with van der Waals surface area (Å²) in [5.74, 6) is 0.910. The second kappa shape index (κ2) is 12.8. The highest BCUT2D eigenvalue weighted by Gasteiger charge is 2.10. The van der Waals surface area contributed by atoms with E-state index in [0.717, 1.165) is 24.1 Å². The summed E-state index contributed by atoms with van der Waals surface area (Å²) in [7, 11) is 0. The zero-order chi connectivity index (χ0) is 21.1. The van der Waals surface area contributed by atoms with Gasteiger partial charge in [0.2, 0.25) is 0 Å². The molecular formula is C20H20Cl4N2O3. The van der Waals surface area contributed by atoms with E-state index < -0.39 is 0 Å². The van der Waals surface area contributed by atoms with E-state index in [-0.39, 0.29) is 11.1 Å². The van der Waals surface area contributed by atoms with Gasteiger partial charge in [-0.3, -0.25) is 4.98 Å². The molecule has 0 aliphatic carbocycles. The third-order valence-electron chi connectivity index (χ3n) is 3.64. The second-order valence-electron chi connectivity index (χ2n) is 5.82. The van der Waals surface area contributed by atoms with Crippen molar-refractivity contribution in [3.63, 3.8) is 0 Å². The van der Waals surface area contributed by atoms with Crippen LogP contribution in [0.5, 0.6) is 11.5 Å². The molecule has 0 N–H and O–H groups in total. The van der Waals surface area contributed by atoms with Crippen LogP contribution in [0.3, 0.4) is 0 Å². The standard InChI is InChI=1S/C20H20Cl4N2O3/c1-14(15-4-7-25-8-5-15)26-29-10-3-2-9-28-20-17(21)12-16(13-18(20)22)27-11-6-19(23)24/h4-8,12-13H,2-3,9-11H2,1H3. The molecule has 0 aliphatic heterocycles. The molecule has 29 heavy (non-hydrogen) atoms. The van der Waals surface area contributed by atoms with Crippen LogP contribution in [-0.2, 0) is 4.84 Å². The lowest BCUT2D eigenvalue weighted by Crippen LogP contribution is -2.02. The molecule has 0 atom stereocenters. The van der Waals surface area contributed by atoms with Gasteiger partial charge in [-0.15, -0.1) is 0 Å². The minimum atomic E-state index is 0.129. The van der Waals surface area contributed by atoms with Crippen molar-refractivity contribution in [1.82, 2.24) is 4.98 Å². The van der Waals surface area contributed by atoms with Gasteiger partial charge in [0.1, 0.15) is 23.5 Å². The fourth-order valence-electron chi connectivity index (χ4n) is 2.19. The smallest absolute Gasteiger partial charge is 0.156 e. The molecule has 0 spiro atoms. The van der Waals surface area contributed by atoms with Gasteiger partial charge in [0.25, 0.3) is 0 Å². The zero-order valence-electron chi connectivity index (χ0n) is 15.7. The number of aromatic nitrogens is 1. The number of rotatable bonds is 11. The molecular weight excluding hydrogens is 458 g/mol. The molecule has 2 rings (SSSR count). The summed E-state index contributed by atoms with van der Waals surface area (Å²) in [6.07, 6.45) is 6.48. The number of oxime groups is 1. The van der Waals surface area contributed by atoms with E-state index in [1.807, 2.05) is 19.1 Å². The molecule has 0 amide bonds. The van der Waals surface area contributed by atoms with Crippen molar-refractivity contribution in [2.75, 3.05) is 19.8 Å². The number of unbranched alkanes of at least 4 members (excludes halogenated alkanes) is 1. The lowest BCUT2D eigenvalue weighted by molar-refractivity contribution is 0.135. The number of pyridine rings is 1. The van der Waals surface area contributed by atoms with Crippen molar-refractivity contribution < 1.29 is 14.3 Å². The van der Waals surface area contributed by atoms with Crippen LogP contribution in [0.15, 0.2) is 52.4 Å². The van der Waals surface area contributed by atoms with E-state index >= 15 is 0 Å². The minimum absolute atomic E-state index is 0.129. The highest BCUT2D eigenvalue weighted by Crippen LogP contribution is 2.37. The summed E-state index contributed by atoms with van der Waals surface area (Å²) < 4.78 is 11.3. The van der Waals surface area contributed by atoms with Crippen LogP contribution in [0.25, 0.3) is 0 Å². The molecule has 5 nitrogen and oxygen atoms in total. The Morgan fingerprint density at radius 2 is 1.69 bits per heavy atom. The van der Waals surface area contributed by atoms with Crippen molar-refractivity contribution in [3.05, 3.63) is 62.8 Å². The maximum Gasteiger partial charge on any atom is 0.156 e. The number of halogens is 4. The van der Waals surface area contributed by atoms with Gasteiger partial charge in [-0.25, -0.2) is 0 Å². The molecule has 1 heterocycles. The maximum atomic E-state index is 6.23. The molecule has 156 valence electrons. The summed E-state index contributed by atoms with van der Waals surface area (Å²) in [5.41, 5.74) is 1.77. The summed E-state index contributed by atoms with van der Waals surface area (Å²) in [6.45, 7) is 3.02. The van der Waals surface area contributed by atoms with Gasteiger partial charge in [-0.2, -0.15) is 0 Å². The summed E-state index contributed by atoms with van der Waals surface area (Å²) >= 11 is 23.5. The first-order valence-corrected chi connectivity index (χ1v) is 10.3. The lowest BCUT2D eigenvalue weighted by atomic mass is 10.2. The van der Waals surface area contributed by atoms with Crippen molar-refractivity contribution in [3.8, 4) is 11.5 Å². The van der Waals surface area contributed by atoms with Crippen LogP contribution >= 0.6 is 46.4 Å². The Labute approximate surface area is 190 Å². The first-order valence-electron chi connectivity index (χ1n) is 8.80. The van der Waals surface area contributed by atoms with Crippen LogP contribution in [0.2, 0.25) is 10.0 Å². The Morgan fingerprint density at radius 3 is 2.34 bits per heavy atom. The molecule has 0 unspecified atom stereocenters. The lowest BCUT2D eigenvalue weighted by Gasteiger charge is -2.12. The Balaban J connectivity index is 1.71. The largest absolute Gasteiger partial charge is 0.490 e. The van der Waals surface area contributed by atoms with Crippen LogP contribution in [-0.4, -0.2) is 30.5 Å². The highest BCUT2D eigenvalue weighted by atomic mass is 35.5. The Kier molecular flexibility index (Phi) is 10.4. The number of benzene rings is 1. The van der Waals surface area contributed by atoms with Gasteiger partial charge in [0.15, 0.2) is 5.75 Å². The minimum Gasteiger partial charge on any atom is -0.490 e. The normalized spacial score (nSPS) is 11.1. The van der Waals surface area contributed by atoms with Gasteiger partial charge in [0.05, 0.1) is 22.4 Å². The van der Waals surface area contributed by atoms with Crippen LogP contribution < -0.4 is 9.47 Å². The molecule has 0 fully saturated rings. The van der Waals surface area contributed by atoms with Crippen molar-refractivity contribution >= 4 is 52.1 Å². The van der Waals surface area contributed by atoms with E-state index in [9.17, 15) is 0 Å². The average Bonchev–Trinajstić information content (AvgIpc) is 2.69. The van der Waals surface area contributed by atoms with Crippen molar-refractivity contribution in [2.45, 2.75) is 19.8 Å². The molecule has 0 aliphatic rings. The van der Waals surface area contributed by atoms with Gasteiger partial charge < -0.3 is 14.3 Å². The molecule has 1 aromatic heterocycles. The van der Waals surface area contributed by atoms with Gasteiger partial charge in [0, 0.05) is 30.1 Å². The highest BCUT2D eigenvalue weighted by molar-refractivity contribution is 6.55. The fourth-order valence-corrected chi connectivity index (χ4v) is 2.89. The molecule has 0 radical (unpaired) electrons. The predicted molar refractivity (Wildman–Crippen MR) is 119 cm³/mol. The van der Waals surface area contributed by atoms with E-state index in [2.05, 4.69) is 10.1 Å². The van der Waals surface area contributed by atoms with Crippen molar-refractivity contribution in [1.29, 1.82) is 0 Å². The van der Waals surface area contributed by atoms with Gasteiger partial charge in [-0.1, -0.05) is 51.6 Å². The Morgan fingerprint density at radius 1 is 1.03 bits per heavy atom. The van der Waals surface area contributed by atoms with Gasteiger partial charge in [-0.05, 0) is 38.0 Å². The summed E-state index contributed by atoms with van der Waals surface area (Å²) in [4.78, 5) is 9.31. The monoisotopic (exact) mass is 476 g/mol. The topological polar surface area (TPSA) is 52.9 Å². The Bertz CT molecular complexity index is 818. The quantitative estimate of drug-likeness (QED) is 0.205. The van der Waals surface area contributed by atoms with Crippen LogP contribution in [0, 0.1) is 0 Å². The summed E-state index contributed by atoms with van der Waals surface area (Å²) in [5, 5.41) is 4.82. The molecule has 0 bridgehead atoms. The van der Waals surface area contributed by atoms with E-state index in [0.29, 0.717) is 34.8 Å². The fraction of sp³-hybridized carbons (Fsp3) is 0.300. The number of hydrogen-bond donors (Lipinski definition) is 0. The third-order valence-corrected chi connectivity index (χ3v) is 4.51. The molecule has 9 heteroatoms. The van der Waals surface area contributed by atoms with Gasteiger partial charge >= 0.3 is 0 Å². The predicted octanol–water partition coefficient (Wildman–Crippen LogP) is 6.69. The number of ether oxygens (including phenoxy) is 2. The zero-order valence-corrected chi connectivity index (χ0v) is 18.7. The van der Waals surface area contributed by atoms with Crippen LogP contribution in [0.4, 0.5) is 0 Å². The van der Waals surface area contributed by atoms with E-state index in [4.69, 9.17) is 60.7 Å². The first kappa shape index (κ1) is 23.6. The van der Waals surface area contributed by atoms with E-state index in [1.165, 1.54) is 6.08 Å². The molecule has 0 saturated carbocycles. The second-order valence-corrected chi connectivity index (χ2v) is 7.64. The SMILES string of the molecule is CC(=NOCCCCOc1c(Cl)cc(OCC=C(Cl)Cl)cc1Cl)c1ccncc1. The van der Waals surface area contributed by atoms with Crippen molar-refractivity contribution in [2.24, 2.45) is 5.16 Å². The Hall–Kier alpha value is -1.66. The number of nitrogens with zero attached hydrogens (tertiary/aromatic N) is 2. The molecule has 2 aromatic rings. The van der Waals surface area contributed by atoms with Crippen LogP contribution in [0.1, 0.15) is 25.3 Å². The van der Waals surface area contributed by atoms with E-state index in [1.54, 1.807) is 24.5 Å². The number of hydrogen-bond acceptors (Lipinski definition) is 5. The third kappa shape index (κ3) is 8.70.